The van der Waals surface area contributed by atoms with Gasteiger partial charge in [0.15, 0.2) is 0 Å². The first-order chi connectivity index (χ1) is 15.2. The Hall–Kier alpha value is -3.00. The smallest absolute Gasteiger partial charge is 0.223 e. The third-order valence-corrected chi connectivity index (χ3v) is 6.37. The lowest BCUT2D eigenvalue weighted by molar-refractivity contribution is -0.0884. The molecule has 1 saturated carbocycles. The number of halogens is 1. The van der Waals surface area contributed by atoms with Gasteiger partial charge in [0, 0.05) is 43.9 Å². The van der Waals surface area contributed by atoms with Crippen LogP contribution >= 0.6 is 0 Å². The second-order valence-corrected chi connectivity index (χ2v) is 8.48. The summed E-state index contributed by atoms with van der Waals surface area (Å²) >= 11 is 0. The summed E-state index contributed by atoms with van der Waals surface area (Å²) in [5.74, 6) is 1.59. The van der Waals surface area contributed by atoms with Crippen molar-refractivity contribution in [1.82, 2.24) is 19.7 Å². The Morgan fingerprint density at radius 3 is 2.71 bits per heavy atom. The summed E-state index contributed by atoms with van der Waals surface area (Å²) in [4.78, 5) is 11.2. The minimum absolute atomic E-state index is 0.122. The van der Waals surface area contributed by atoms with Gasteiger partial charge in [-0.25, -0.2) is 19.0 Å². The molecule has 0 N–H and O–H groups in total. The zero-order valence-electron chi connectivity index (χ0n) is 17.2. The molecule has 0 unspecified atom stereocenters. The lowest BCUT2D eigenvalue weighted by Gasteiger charge is -2.37. The van der Waals surface area contributed by atoms with Crippen LogP contribution in [0.1, 0.15) is 31.2 Å². The second kappa shape index (κ2) is 7.60. The Morgan fingerprint density at radius 2 is 1.94 bits per heavy atom. The van der Waals surface area contributed by atoms with E-state index in [4.69, 9.17) is 14.6 Å². The van der Waals surface area contributed by atoms with Crippen LogP contribution in [0.4, 0.5) is 10.2 Å². The molecule has 0 atom stereocenters. The van der Waals surface area contributed by atoms with Gasteiger partial charge in [-0.05, 0) is 37.1 Å². The molecule has 1 aliphatic carbocycles. The van der Waals surface area contributed by atoms with E-state index in [0.717, 1.165) is 54.3 Å². The van der Waals surface area contributed by atoms with Gasteiger partial charge in [0.25, 0.3) is 0 Å². The molecule has 3 aromatic rings. The Balaban J connectivity index is 1.13. The predicted octanol–water partition coefficient (Wildman–Crippen LogP) is 3.71. The van der Waals surface area contributed by atoms with Gasteiger partial charge < -0.3 is 14.4 Å². The van der Waals surface area contributed by atoms with Crippen molar-refractivity contribution in [3.8, 4) is 22.8 Å². The lowest BCUT2D eigenvalue weighted by Crippen LogP contribution is -2.42. The molecule has 1 saturated heterocycles. The third kappa shape index (κ3) is 3.54. The topological polar surface area (TPSA) is 65.3 Å². The number of anilines is 1. The Morgan fingerprint density at radius 1 is 1.06 bits per heavy atom. The molecule has 0 amide bonds. The van der Waals surface area contributed by atoms with E-state index < -0.39 is 6.17 Å². The molecule has 0 spiro atoms. The summed E-state index contributed by atoms with van der Waals surface area (Å²) in [6, 6.07) is 7.96. The average Bonchev–Trinajstić information content (AvgIpc) is 3.24. The molecule has 0 radical (unpaired) electrons. The average molecular weight is 421 g/mol. The fourth-order valence-electron chi connectivity index (χ4n) is 4.51. The molecule has 8 heteroatoms. The number of fused-ring (bicyclic) bond motifs is 3. The first kappa shape index (κ1) is 18.7. The first-order valence-corrected chi connectivity index (χ1v) is 10.9. The number of pyridine rings is 2. The van der Waals surface area contributed by atoms with Gasteiger partial charge in [-0.1, -0.05) is 0 Å². The molecule has 160 valence electrons. The highest BCUT2D eigenvalue weighted by atomic mass is 19.1. The van der Waals surface area contributed by atoms with Crippen molar-refractivity contribution in [3.63, 3.8) is 0 Å². The van der Waals surface area contributed by atoms with E-state index in [-0.39, 0.29) is 12.2 Å². The molecule has 2 fully saturated rings. The molecular weight excluding hydrogens is 397 g/mol. The Kier molecular flexibility index (Phi) is 4.60. The zero-order valence-corrected chi connectivity index (χ0v) is 17.2. The van der Waals surface area contributed by atoms with Gasteiger partial charge >= 0.3 is 0 Å². The standard InChI is InChI=1S/C23H24FN5O2/c24-16-10-19(11-16)31-18-5-8-28(9-6-18)21-4-3-17(12-26-21)29-13-15-14-30-23-20(22(15)27-29)2-1-7-25-23/h1-4,7,12-13,16,18-19H,5-6,8-11,14H2. The molecule has 31 heavy (non-hydrogen) atoms. The van der Waals surface area contributed by atoms with E-state index >= 15 is 0 Å². The zero-order chi connectivity index (χ0) is 20.8. The fourth-order valence-corrected chi connectivity index (χ4v) is 4.51. The van der Waals surface area contributed by atoms with Crippen LogP contribution in [0.2, 0.25) is 0 Å². The SMILES string of the molecule is FC1CC(OC2CCN(c3ccc(-n4cc5c(n4)-c4cccnc4OC5)cn3)CC2)C1. The summed E-state index contributed by atoms with van der Waals surface area (Å²) < 4.78 is 26.6. The van der Waals surface area contributed by atoms with Crippen LogP contribution in [0.3, 0.4) is 0 Å². The number of ether oxygens (including phenoxy) is 2. The summed E-state index contributed by atoms with van der Waals surface area (Å²) in [6.45, 7) is 2.27. The quantitative estimate of drug-likeness (QED) is 0.640. The molecular formula is C23H24FN5O2. The summed E-state index contributed by atoms with van der Waals surface area (Å²) in [5.41, 5.74) is 3.77. The van der Waals surface area contributed by atoms with E-state index in [9.17, 15) is 4.39 Å². The molecule has 6 rings (SSSR count). The van der Waals surface area contributed by atoms with E-state index in [1.807, 2.05) is 41.3 Å². The van der Waals surface area contributed by atoms with Gasteiger partial charge in [-0.3, -0.25) is 0 Å². The number of nitrogens with zero attached hydrogens (tertiary/aromatic N) is 5. The number of aromatic nitrogens is 4. The Bertz CT molecular complexity index is 1070. The van der Waals surface area contributed by atoms with E-state index in [2.05, 4.69) is 14.9 Å². The van der Waals surface area contributed by atoms with Crippen molar-refractivity contribution < 1.29 is 13.9 Å². The minimum atomic E-state index is -0.660. The second-order valence-electron chi connectivity index (χ2n) is 8.48. The van der Waals surface area contributed by atoms with Crippen molar-refractivity contribution in [2.75, 3.05) is 18.0 Å². The van der Waals surface area contributed by atoms with Crippen molar-refractivity contribution in [2.24, 2.45) is 0 Å². The highest BCUT2D eigenvalue weighted by Gasteiger charge is 2.33. The summed E-state index contributed by atoms with van der Waals surface area (Å²) in [6.07, 6.45) is 8.32. The van der Waals surface area contributed by atoms with Crippen molar-refractivity contribution in [2.45, 2.75) is 50.7 Å². The number of rotatable bonds is 4. The minimum Gasteiger partial charge on any atom is -0.472 e. The third-order valence-electron chi connectivity index (χ3n) is 6.37. The van der Waals surface area contributed by atoms with E-state index in [1.165, 1.54) is 0 Å². The normalized spacial score (nSPS) is 22.9. The fraction of sp³-hybridized carbons (Fsp3) is 0.435. The number of piperidine rings is 1. The maximum absolute atomic E-state index is 13.0. The van der Waals surface area contributed by atoms with Crippen LogP contribution in [-0.2, 0) is 11.3 Å². The van der Waals surface area contributed by atoms with Crippen LogP contribution in [-0.4, -0.2) is 51.2 Å². The molecule has 7 nitrogen and oxygen atoms in total. The van der Waals surface area contributed by atoms with Crippen LogP contribution in [0.25, 0.3) is 16.9 Å². The Labute approximate surface area is 179 Å². The lowest BCUT2D eigenvalue weighted by atomic mass is 9.93. The summed E-state index contributed by atoms with van der Waals surface area (Å²) in [5, 5.41) is 4.76. The van der Waals surface area contributed by atoms with Crippen LogP contribution in [0, 0.1) is 0 Å². The summed E-state index contributed by atoms with van der Waals surface area (Å²) in [7, 11) is 0. The van der Waals surface area contributed by atoms with Gasteiger partial charge in [-0.15, -0.1) is 0 Å². The number of hydrogen-bond acceptors (Lipinski definition) is 6. The predicted molar refractivity (Wildman–Crippen MR) is 113 cm³/mol. The maximum atomic E-state index is 13.0. The number of hydrogen-bond donors (Lipinski definition) is 0. The molecule has 0 aromatic carbocycles. The van der Waals surface area contributed by atoms with Gasteiger partial charge in [-0.2, -0.15) is 5.10 Å². The van der Waals surface area contributed by atoms with Gasteiger partial charge in [0.2, 0.25) is 5.88 Å². The van der Waals surface area contributed by atoms with Crippen LogP contribution in [0.15, 0.2) is 42.9 Å². The van der Waals surface area contributed by atoms with Gasteiger partial charge in [0.05, 0.1) is 29.7 Å². The maximum Gasteiger partial charge on any atom is 0.223 e. The van der Waals surface area contributed by atoms with Gasteiger partial charge in [0.1, 0.15) is 24.3 Å². The van der Waals surface area contributed by atoms with E-state index in [1.54, 1.807) is 6.20 Å². The molecule has 0 bridgehead atoms. The molecule has 3 aliphatic rings. The largest absolute Gasteiger partial charge is 0.472 e. The molecule has 3 aromatic heterocycles. The van der Waals surface area contributed by atoms with Crippen molar-refractivity contribution in [3.05, 3.63) is 48.4 Å². The van der Waals surface area contributed by atoms with Crippen molar-refractivity contribution in [1.29, 1.82) is 0 Å². The number of alkyl halides is 1. The molecule has 2 aliphatic heterocycles. The first-order valence-electron chi connectivity index (χ1n) is 10.9. The van der Waals surface area contributed by atoms with Crippen LogP contribution < -0.4 is 9.64 Å². The van der Waals surface area contributed by atoms with Crippen LogP contribution in [0.5, 0.6) is 5.88 Å². The molecule has 5 heterocycles. The van der Waals surface area contributed by atoms with E-state index in [0.29, 0.717) is 25.3 Å². The van der Waals surface area contributed by atoms with Crippen molar-refractivity contribution >= 4 is 5.82 Å². The highest BCUT2D eigenvalue weighted by Crippen LogP contribution is 2.35. The highest BCUT2D eigenvalue weighted by molar-refractivity contribution is 5.69. The monoisotopic (exact) mass is 421 g/mol.